The number of aromatic nitrogens is 1. The van der Waals surface area contributed by atoms with Gasteiger partial charge in [-0.2, -0.15) is 13.2 Å². The Kier molecular flexibility index (Phi) is 3.53. The molecule has 0 unspecified atom stereocenters. The van der Waals surface area contributed by atoms with Gasteiger partial charge in [0.1, 0.15) is 5.15 Å². The van der Waals surface area contributed by atoms with Crippen LogP contribution in [0.1, 0.15) is 11.1 Å². The van der Waals surface area contributed by atoms with E-state index in [1.807, 2.05) is 0 Å². The molecule has 2 nitrogen and oxygen atoms in total. The van der Waals surface area contributed by atoms with Gasteiger partial charge in [0.25, 0.3) is 0 Å². The third kappa shape index (κ3) is 3.10. The monoisotopic (exact) mass is 234 g/mol. The fraction of sp³-hybridized carbons (Fsp3) is 0.333. The van der Waals surface area contributed by atoms with E-state index >= 15 is 0 Å². The first-order valence-electron chi connectivity index (χ1n) is 4.00. The molecular weight excluding hydrogens is 229 g/mol. The van der Waals surface area contributed by atoms with Crippen LogP contribution in [0.25, 0.3) is 4.85 Å². The lowest BCUT2D eigenvalue weighted by Crippen LogP contribution is -2.07. The Labute approximate surface area is 89.5 Å². The summed E-state index contributed by atoms with van der Waals surface area (Å²) in [5.74, 6) is 0. The average Bonchev–Trinajstić information content (AvgIpc) is 2.15. The average molecular weight is 235 g/mol. The molecule has 1 aromatic rings. The highest BCUT2D eigenvalue weighted by Gasteiger charge is 2.31. The molecule has 0 saturated carbocycles. The van der Waals surface area contributed by atoms with E-state index in [-0.39, 0.29) is 23.7 Å². The van der Waals surface area contributed by atoms with Crippen LogP contribution in [-0.4, -0.2) is 11.5 Å². The summed E-state index contributed by atoms with van der Waals surface area (Å²) in [5.41, 5.74) is -0.589. The van der Waals surface area contributed by atoms with Crippen molar-refractivity contribution in [2.75, 3.05) is 6.54 Å². The number of hydrogen-bond donors (Lipinski definition) is 0. The van der Waals surface area contributed by atoms with Crippen LogP contribution in [-0.2, 0) is 12.6 Å². The SMILES string of the molecule is [C-]#[N+]CCc1cc(C(F)(F)F)cnc1Cl. The van der Waals surface area contributed by atoms with Gasteiger partial charge in [0.05, 0.1) is 5.56 Å². The van der Waals surface area contributed by atoms with Crippen LogP contribution in [0.4, 0.5) is 13.2 Å². The Balaban J connectivity index is 3.01. The van der Waals surface area contributed by atoms with Crippen molar-refractivity contribution in [3.63, 3.8) is 0 Å². The molecule has 0 spiro atoms. The summed E-state index contributed by atoms with van der Waals surface area (Å²) < 4.78 is 36.8. The largest absolute Gasteiger partial charge is 0.417 e. The Morgan fingerprint density at radius 3 is 2.67 bits per heavy atom. The van der Waals surface area contributed by atoms with Crippen LogP contribution in [0.15, 0.2) is 12.3 Å². The summed E-state index contributed by atoms with van der Waals surface area (Å²) in [6.45, 7) is 6.64. The molecule has 0 N–H and O–H groups in total. The van der Waals surface area contributed by atoms with Crippen LogP contribution in [0.5, 0.6) is 0 Å². The Morgan fingerprint density at radius 1 is 1.47 bits per heavy atom. The van der Waals surface area contributed by atoms with Crippen molar-refractivity contribution in [3.8, 4) is 0 Å². The second-order valence-electron chi connectivity index (χ2n) is 2.80. The normalized spacial score (nSPS) is 11.1. The summed E-state index contributed by atoms with van der Waals surface area (Å²) in [7, 11) is 0. The second-order valence-corrected chi connectivity index (χ2v) is 3.16. The van der Waals surface area contributed by atoms with E-state index in [1.54, 1.807) is 0 Å². The minimum absolute atomic E-state index is 0.0200. The second kappa shape index (κ2) is 4.49. The van der Waals surface area contributed by atoms with Crippen molar-refractivity contribution in [2.24, 2.45) is 0 Å². The van der Waals surface area contributed by atoms with Gasteiger partial charge in [0.15, 0.2) is 0 Å². The zero-order valence-corrected chi connectivity index (χ0v) is 8.23. The molecule has 1 aromatic heterocycles. The minimum Gasteiger partial charge on any atom is -0.317 e. The maximum absolute atomic E-state index is 12.3. The van der Waals surface area contributed by atoms with Crippen LogP contribution >= 0.6 is 11.6 Å². The van der Waals surface area contributed by atoms with Crippen LogP contribution < -0.4 is 0 Å². The van der Waals surface area contributed by atoms with Crippen molar-refractivity contribution >= 4 is 11.6 Å². The summed E-state index contributed by atoms with van der Waals surface area (Å²) in [4.78, 5) is 6.49. The smallest absolute Gasteiger partial charge is 0.317 e. The van der Waals surface area contributed by atoms with Gasteiger partial charge < -0.3 is 4.85 Å². The van der Waals surface area contributed by atoms with E-state index in [0.29, 0.717) is 6.20 Å². The van der Waals surface area contributed by atoms with Gasteiger partial charge in [-0.15, -0.1) is 0 Å². The highest BCUT2D eigenvalue weighted by molar-refractivity contribution is 6.30. The number of rotatable bonds is 2. The standard InChI is InChI=1S/C9H6ClF3N2/c1-14-3-2-6-4-7(9(11,12)13)5-15-8(6)10/h4-5H,2-3H2. The van der Waals surface area contributed by atoms with Gasteiger partial charge in [-0.25, -0.2) is 11.6 Å². The predicted molar refractivity (Wildman–Crippen MR) is 49.4 cm³/mol. The summed E-state index contributed by atoms with van der Waals surface area (Å²) in [6, 6.07) is 0.931. The molecule has 0 aliphatic heterocycles. The number of nitrogens with zero attached hydrogens (tertiary/aromatic N) is 2. The highest BCUT2D eigenvalue weighted by atomic mass is 35.5. The molecule has 0 aromatic carbocycles. The molecule has 1 rings (SSSR count). The molecule has 15 heavy (non-hydrogen) atoms. The maximum atomic E-state index is 12.3. The third-order valence-corrected chi connectivity index (χ3v) is 2.07. The summed E-state index contributed by atoms with van der Waals surface area (Å²) in [6.07, 6.45) is -3.56. The molecule has 6 heteroatoms. The Morgan fingerprint density at radius 2 is 2.13 bits per heavy atom. The quantitative estimate of drug-likeness (QED) is 0.567. The van der Waals surface area contributed by atoms with E-state index in [0.717, 1.165) is 6.07 Å². The van der Waals surface area contributed by atoms with Gasteiger partial charge in [0.2, 0.25) is 6.54 Å². The maximum Gasteiger partial charge on any atom is 0.417 e. The first-order valence-corrected chi connectivity index (χ1v) is 4.38. The third-order valence-electron chi connectivity index (χ3n) is 1.73. The van der Waals surface area contributed by atoms with E-state index < -0.39 is 11.7 Å². The van der Waals surface area contributed by atoms with E-state index in [2.05, 4.69) is 9.83 Å². The fourth-order valence-electron chi connectivity index (χ4n) is 1.00. The summed E-state index contributed by atoms with van der Waals surface area (Å²) >= 11 is 5.60. The molecule has 0 fully saturated rings. The van der Waals surface area contributed by atoms with Crippen molar-refractivity contribution in [3.05, 3.63) is 40.0 Å². The van der Waals surface area contributed by atoms with E-state index in [9.17, 15) is 13.2 Å². The van der Waals surface area contributed by atoms with Gasteiger partial charge in [-0.1, -0.05) is 11.6 Å². The van der Waals surface area contributed by atoms with Crippen LogP contribution in [0.2, 0.25) is 5.15 Å². The van der Waals surface area contributed by atoms with Crippen molar-refractivity contribution in [2.45, 2.75) is 12.6 Å². The van der Waals surface area contributed by atoms with E-state index in [1.165, 1.54) is 0 Å². The molecule has 0 amide bonds. The fourth-order valence-corrected chi connectivity index (χ4v) is 1.20. The predicted octanol–water partition coefficient (Wildman–Crippen LogP) is 3.22. The number of pyridine rings is 1. The number of hydrogen-bond acceptors (Lipinski definition) is 1. The van der Waals surface area contributed by atoms with Gasteiger partial charge in [0, 0.05) is 12.6 Å². The molecule has 80 valence electrons. The topological polar surface area (TPSA) is 17.2 Å². The minimum atomic E-state index is -4.43. The summed E-state index contributed by atoms with van der Waals surface area (Å²) in [5, 5.41) is 0.0200. The van der Waals surface area contributed by atoms with Gasteiger partial charge >= 0.3 is 6.18 Å². The number of halogens is 4. The molecule has 0 aliphatic carbocycles. The van der Waals surface area contributed by atoms with Crippen molar-refractivity contribution in [1.82, 2.24) is 4.98 Å². The zero-order chi connectivity index (χ0) is 11.5. The lowest BCUT2D eigenvalue weighted by molar-refractivity contribution is -0.137. The Hall–Kier alpha value is -1.28. The van der Waals surface area contributed by atoms with Gasteiger partial charge in [-0.3, -0.25) is 0 Å². The number of alkyl halides is 3. The molecule has 0 saturated heterocycles. The highest BCUT2D eigenvalue weighted by Crippen LogP contribution is 2.30. The lowest BCUT2D eigenvalue weighted by Gasteiger charge is -2.07. The molecule has 1 heterocycles. The zero-order valence-electron chi connectivity index (χ0n) is 7.48. The van der Waals surface area contributed by atoms with E-state index in [4.69, 9.17) is 18.2 Å². The first kappa shape index (κ1) is 11.8. The molecular formula is C9H6ClF3N2. The molecule has 0 bridgehead atoms. The molecule has 0 atom stereocenters. The molecule has 0 radical (unpaired) electrons. The van der Waals surface area contributed by atoms with Crippen LogP contribution in [0.3, 0.4) is 0 Å². The van der Waals surface area contributed by atoms with Crippen LogP contribution in [0, 0.1) is 6.57 Å². The van der Waals surface area contributed by atoms with Gasteiger partial charge in [-0.05, 0) is 11.6 Å². The molecule has 0 aliphatic rings. The van der Waals surface area contributed by atoms with Crippen molar-refractivity contribution in [1.29, 1.82) is 0 Å². The van der Waals surface area contributed by atoms with Crippen molar-refractivity contribution < 1.29 is 13.2 Å². The Bertz CT molecular complexity index is 395. The first-order chi connectivity index (χ1) is 6.95. The lowest BCUT2D eigenvalue weighted by atomic mass is 10.1.